The molecule has 1 rings (SSSR count). The van der Waals surface area contributed by atoms with Crippen LogP contribution in [0.2, 0.25) is 0 Å². The zero-order chi connectivity index (χ0) is 20.4. The third-order valence-corrected chi connectivity index (χ3v) is 4.12. The first-order valence-corrected chi connectivity index (χ1v) is 8.95. The van der Waals surface area contributed by atoms with E-state index < -0.39 is 46.2 Å². The highest BCUT2D eigenvalue weighted by atomic mass is 16.4. The molecule has 148 valence electrons. The van der Waals surface area contributed by atoms with Gasteiger partial charge in [0.25, 0.3) is 0 Å². The average Bonchev–Trinajstić information content (AvgIpc) is 2.60. The zero-order valence-electron chi connectivity index (χ0n) is 15.3. The van der Waals surface area contributed by atoms with E-state index in [1.807, 2.05) is 0 Å². The van der Waals surface area contributed by atoms with Gasteiger partial charge >= 0.3 is 17.9 Å². The number of carboxylic acids is 3. The molecule has 0 saturated heterocycles. The molecule has 0 spiro atoms. The summed E-state index contributed by atoms with van der Waals surface area (Å²) < 4.78 is 0. The van der Waals surface area contributed by atoms with Crippen LogP contribution in [0.25, 0.3) is 0 Å². The van der Waals surface area contributed by atoms with Crippen molar-refractivity contribution in [2.45, 2.75) is 58.3 Å². The van der Waals surface area contributed by atoms with Crippen molar-refractivity contribution in [2.75, 3.05) is 5.32 Å². The maximum absolute atomic E-state index is 12.1. The van der Waals surface area contributed by atoms with Crippen LogP contribution in [0.3, 0.4) is 0 Å². The van der Waals surface area contributed by atoms with Crippen LogP contribution in [0, 0.1) is 0 Å². The van der Waals surface area contributed by atoms with Crippen molar-refractivity contribution in [1.82, 2.24) is 0 Å². The lowest BCUT2D eigenvalue weighted by Gasteiger charge is -2.13. The number of carboxylic acid groups (broad SMARTS) is 3. The summed E-state index contributed by atoms with van der Waals surface area (Å²) in [4.78, 5) is 46.0. The summed E-state index contributed by atoms with van der Waals surface area (Å²) in [7, 11) is 0. The van der Waals surface area contributed by atoms with Gasteiger partial charge in [-0.3, -0.25) is 4.79 Å². The topological polar surface area (TPSA) is 141 Å². The number of benzene rings is 1. The normalized spacial score (nSPS) is 10.4. The highest BCUT2D eigenvalue weighted by Gasteiger charge is 2.23. The molecular weight excluding hydrogens is 354 g/mol. The van der Waals surface area contributed by atoms with Crippen molar-refractivity contribution < 1.29 is 34.5 Å². The fourth-order valence-corrected chi connectivity index (χ4v) is 2.68. The summed E-state index contributed by atoms with van der Waals surface area (Å²) in [5.41, 5.74) is -2.01. The van der Waals surface area contributed by atoms with E-state index in [9.17, 15) is 29.4 Å². The van der Waals surface area contributed by atoms with E-state index in [2.05, 4.69) is 12.2 Å². The standard InChI is InChI=1S/C19H25NO7/c1-2-3-4-5-6-7-8-9-15(21)20-16-13(18(24)25)10-12(17(22)23)11-14(16)19(26)27/h10-11H,2-9H2,1H3,(H,20,21)(H,22,23)(H,24,25)(H,26,27). The van der Waals surface area contributed by atoms with Gasteiger partial charge in [-0.2, -0.15) is 0 Å². The molecule has 0 aromatic heterocycles. The fourth-order valence-electron chi connectivity index (χ4n) is 2.68. The molecule has 27 heavy (non-hydrogen) atoms. The molecule has 0 fully saturated rings. The molecule has 0 heterocycles. The first kappa shape index (κ1) is 22.1. The van der Waals surface area contributed by atoms with Gasteiger partial charge in [0.05, 0.1) is 22.4 Å². The fraction of sp³-hybridized carbons (Fsp3) is 0.474. The van der Waals surface area contributed by atoms with Crippen molar-refractivity contribution in [2.24, 2.45) is 0 Å². The van der Waals surface area contributed by atoms with Gasteiger partial charge in [-0.15, -0.1) is 0 Å². The van der Waals surface area contributed by atoms with Gasteiger partial charge in [0.1, 0.15) is 0 Å². The highest BCUT2D eigenvalue weighted by Crippen LogP contribution is 2.25. The average molecular weight is 379 g/mol. The first-order chi connectivity index (χ1) is 12.8. The van der Waals surface area contributed by atoms with Crippen LogP contribution in [0.5, 0.6) is 0 Å². The minimum atomic E-state index is -1.52. The predicted octanol–water partition coefficient (Wildman–Crippen LogP) is 3.86. The molecule has 0 bridgehead atoms. The number of hydrogen-bond acceptors (Lipinski definition) is 4. The number of aromatic carboxylic acids is 3. The number of amides is 1. The van der Waals surface area contributed by atoms with Gasteiger partial charge in [-0.25, -0.2) is 14.4 Å². The van der Waals surface area contributed by atoms with Crippen LogP contribution >= 0.6 is 0 Å². The number of anilines is 1. The predicted molar refractivity (Wildman–Crippen MR) is 98.6 cm³/mol. The lowest BCUT2D eigenvalue weighted by molar-refractivity contribution is -0.116. The molecule has 0 atom stereocenters. The van der Waals surface area contributed by atoms with E-state index in [-0.39, 0.29) is 6.42 Å². The van der Waals surface area contributed by atoms with Crippen LogP contribution in [-0.4, -0.2) is 39.1 Å². The van der Waals surface area contributed by atoms with Gasteiger partial charge < -0.3 is 20.6 Å². The SMILES string of the molecule is CCCCCCCCCC(=O)Nc1c(C(=O)O)cc(C(=O)O)cc1C(=O)O. The molecule has 0 unspecified atom stereocenters. The largest absolute Gasteiger partial charge is 0.478 e. The molecule has 1 aromatic rings. The number of carbonyl (C=O) groups excluding carboxylic acids is 1. The molecule has 0 aliphatic carbocycles. The van der Waals surface area contributed by atoms with E-state index >= 15 is 0 Å². The number of unbranched alkanes of at least 4 members (excludes halogenated alkanes) is 6. The van der Waals surface area contributed by atoms with Crippen LogP contribution in [0.4, 0.5) is 5.69 Å². The molecule has 4 N–H and O–H groups in total. The Labute approximate surface area is 157 Å². The van der Waals surface area contributed by atoms with Gasteiger partial charge in [0.15, 0.2) is 0 Å². The third kappa shape index (κ3) is 7.08. The molecule has 0 radical (unpaired) electrons. The van der Waals surface area contributed by atoms with Crippen LogP contribution < -0.4 is 5.32 Å². The minimum absolute atomic E-state index is 0.132. The highest BCUT2D eigenvalue weighted by molar-refractivity contribution is 6.10. The maximum atomic E-state index is 12.1. The summed E-state index contributed by atoms with van der Waals surface area (Å²) in [5.74, 6) is -5.00. The molecule has 1 amide bonds. The summed E-state index contributed by atoms with van der Waals surface area (Å²) in [6.07, 6.45) is 7.18. The number of rotatable bonds is 12. The molecule has 1 aromatic carbocycles. The Morgan fingerprint density at radius 2 is 1.26 bits per heavy atom. The van der Waals surface area contributed by atoms with Crippen LogP contribution in [0.1, 0.15) is 89.4 Å². The lowest BCUT2D eigenvalue weighted by Crippen LogP contribution is -2.19. The maximum Gasteiger partial charge on any atom is 0.337 e. The Balaban J connectivity index is 2.83. The monoisotopic (exact) mass is 379 g/mol. The Morgan fingerprint density at radius 1 is 0.778 bits per heavy atom. The van der Waals surface area contributed by atoms with E-state index in [0.717, 1.165) is 44.2 Å². The quantitative estimate of drug-likeness (QED) is 0.404. The molecule has 8 nitrogen and oxygen atoms in total. The summed E-state index contributed by atoms with van der Waals surface area (Å²) in [6, 6.07) is 1.67. The Hall–Kier alpha value is -2.90. The Morgan fingerprint density at radius 3 is 1.70 bits per heavy atom. The number of carbonyl (C=O) groups is 4. The minimum Gasteiger partial charge on any atom is -0.478 e. The second kappa shape index (κ2) is 10.9. The van der Waals surface area contributed by atoms with Gasteiger partial charge in [0.2, 0.25) is 5.91 Å². The van der Waals surface area contributed by atoms with Crippen molar-refractivity contribution in [3.8, 4) is 0 Å². The Bertz CT molecular complexity index is 677. The Kier molecular flexibility index (Phi) is 8.98. The van der Waals surface area contributed by atoms with Crippen molar-refractivity contribution in [3.05, 3.63) is 28.8 Å². The van der Waals surface area contributed by atoms with Crippen molar-refractivity contribution >= 4 is 29.5 Å². The smallest absolute Gasteiger partial charge is 0.337 e. The van der Waals surface area contributed by atoms with Crippen LogP contribution in [0.15, 0.2) is 12.1 Å². The summed E-state index contributed by atoms with van der Waals surface area (Å²) in [5, 5.41) is 29.9. The second-order valence-electron chi connectivity index (χ2n) is 6.28. The second-order valence-corrected chi connectivity index (χ2v) is 6.28. The molecule has 0 aliphatic rings. The molecule has 0 aliphatic heterocycles. The van der Waals surface area contributed by atoms with Gasteiger partial charge in [-0.1, -0.05) is 45.4 Å². The van der Waals surface area contributed by atoms with E-state index in [1.54, 1.807) is 0 Å². The summed E-state index contributed by atoms with van der Waals surface area (Å²) >= 11 is 0. The zero-order valence-corrected chi connectivity index (χ0v) is 15.3. The number of hydrogen-bond donors (Lipinski definition) is 4. The molecular formula is C19H25NO7. The molecule has 8 heteroatoms. The van der Waals surface area contributed by atoms with E-state index in [4.69, 9.17) is 5.11 Å². The lowest BCUT2D eigenvalue weighted by atomic mass is 10.0. The van der Waals surface area contributed by atoms with Crippen molar-refractivity contribution in [1.29, 1.82) is 0 Å². The van der Waals surface area contributed by atoms with Crippen molar-refractivity contribution in [3.63, 3.8) is 0 Å². The van der Waals surface area contributed by atoms with Gasteiger partial charge in [0, 0.05) is 6.42 Å². The molecule has 0 saturated carbocycles. The van der Waals surface area contributed by atoms with E-state index in [0.29, 0.717) is 6.42 Å². The first-order valence-electron chi connectivity index (χ1n) is 8.95. The van der Waals surface area contributed by atoms with Gasteiger partial charge in [-0.05, 0) is 18.6 Å². The van der Waals surface area contributed by atoms with Crippen LogP contribution in [-0.2, 0) is 4.79 Å². The third-order valence-electron chi connectivity index (χ3n) is 4.12. The summed E-state index contributed by atoms with van der Waals surface area (Å²) in [6.45, 7) is 2.13. The number of nitrogens with one attached hydrogen (secondary N) is 1. The van der Waals surface area contributed by atoms with E-state index in [1.165, 1.54) is 6.42 Å².